The van der Waals surface area contributed by atoms with Crippen molar-refractivity contribution in [2.75, 3.05) is 0 Å². The average Bonchev–Trinajstić information content (AvgIpc) is 2.60. The molecular formula is C10H10CoI. The number of hydrogen-bond donors (Lipinski definition) is 0. The normalized spacial score (nSPS) is 19.3. The standard InChI is InChI=1S/2C5H5.Co.I/c2*1-2-4-5-3-1;;/h2*1-3H,4H2;;. The van der Waals surface area contributed by atoms with Gasteiger partial charge in [0.25, 0.3) is 0 Å². The van der Waals surface area contributed by atoms with Crippen LogP contribution in [0.1, 0.15) is 12.8 Å². The van der Waals surface area contributed by atoms with Crippen LogP contribution < -0.4 is 0 Å². The van der Waals surface area contributed by atoms with Crippen LogP contribution in [0.4, 0.5) is 0 Å². The third kappa shape index (κ3) is 2.60. The summed E-state index contributed by atoms with van der Waals surface area (Å²) in [7, 11) is 0. The maximum absolute atomic E-state index is 2.22. The topological polar surface area (TPSA) is 0 Å². The Morgan fingerprint density at radius 2 is 1.42 bits per heavy atom. The summed E-state index contributed by atoms with van der Waals surface area (Å²) in [5.74, 6) is 0. The third-order valence-corrected chi connectivity index (χ3v) is 3.07. The van der Waals surface area contributed by atoms with Gasteiger partial charge in [-0.3, -0.25) is 0 Å². The Bertz CT molecular complexity index is 244. The van der Waals surface area contributed by atoms with Gasteiger partial charge in [-0.2, -0.15) is 0 Å². The van der Waals surface area contributed by atoms with Crippen molar-refractivity contribution in [2.24, 2.45) is 0 Å². The van der Waals surface area contributed by atoms with Crippen molar-refractivity contribution in [2.45, 2.75) is 12.8 Å². The van der Waals surface area contributed by atoms with Crippen molar-refractivity contribution in [1.29, 1.82) is 0 Å². The van der Waals surface area contributed by atoms with Crippen LogP contribution in [-0.2, 0) is 14.7 Å². The van der Waals surface area contributed by atoms with E-state index in [9.17, 15) is 0 Å². The Labute approximate surface area is 96.5 Å². The smallest absolute Gasteiger partial charge is 0 e. The predicted octanol–water partition coefficient (Wildman–Crippen LogP) is 3.64. The molecule has 2 heteroatoms. The fraction of sp³-hybridized carbons (Fsp3) is 0.200. The SMILES string of the molecule is C1=CC[C]([Co][C]2=CC=CC2)=C1.[I]. The number of allylic oxidation sites excluding steroid dienone is 8. The summed E-state index contributed by atoms with van der Waals surface area (Å²) in [6, 6.07) is 0. The van der Waals surface area contributed by atoms with Crippen molar-refractivity contribution < 1.29 is 14.7 Å². The summed E-state index contributed by atoms with van der Waals surface area (Å²) in [5.41, 5.74) is 0. The Balaban J connectivity index is 0.000000720. The van der Waals surface area contributed by atoms with Crippen LogP contribution in [0, 0.1) is 0 Å². The first-order valence-corrected chi connectivity index (χ1v) is 4.81. The molecule has 2 rings (SSSR count). The molecule has 0 atom stereocenters. The number of halogens is 1. The summed E-state index contributed by atoms with van der Waals surface area (Å²) in [5, 5.41) is 0. The number of rotatable bonds is 2. The molecule has 0 aromatic carbocycles. The van der Waals surface area contributed by atoms with E-state index in [4.69, 9.17) is 0 Å². The van der Waals surface area contributed by atoms with E-state index < -0.39 is 0 Å². The van der Waals surface area contributed by atoms with E-state index in [0.29, 0.717) is 0 Å². The zero-order chi connectivity index (χ0) is 7.52. The van der Waals surface area contributed by atoms with E-state index in [1.807, 2.05) is 0 Å². The molecule has 0 aliphatic heterocycles. The maximum atomic E-state index is 2.22. The van der Waals surface area contributed by atoms with Gasteiger partial charge >= 0.3 is 73.0 Å². The Morgan fingerprint density at radius 3 is 1.75 bits per heavy atom. The molecule has 66 valence electrons. The largest absolute Gasteiger partial charge is 0 e. The molecule has 0 fully saturated rings. The second-order valence-electron chi connectivity index (χ2n) is 2.52. The van der Waals surface area contributed by atoms with Crippen molar-refractivity contribution in [1.82, 2.24) is 0 Å². The maximum Gasteiger partial charge on any atom is 0 e. The average molecular weight is 316 g/mol. The van der Waals surface area contributed by atoms with E-state index in [-0.39, 0.29) is 24.0 Å². The van der Waals surface area contributed by atoms with Gasteiger partial charge < -0.3 is 0 Å². The molecule has 0 bridgehead atoms. The van der Waals surface area contributed by atoms with Gasteiger partial charge in [0.2, 0.25) is 0 Å². The quantitative estimate of drug-likeness (QED) is 0.682. The van der Waals surface area contributed by atoms with Crippen LogP contribution in [0.25, 0.3) is 0 Å². The molecule has 0 saturated heterocycles. The first-order valence-electron chi connectivity index (χ1n) is 3.77. The molecule has 12 heavy (non-hydrogen) atoms. The van der Waals surface area contributed by atoms with Gasteiger partial charge in [-0.05, 0) is 0 Å². The van der Waals surface area contributed by atoms with Crippen LogP contribution in [0.5, 0.6) is 0 Å². The first kappa shape index (κ1) is 10.3. The van der Waals surface area contributed by atoms with E-state index >= 15 is 0 Å². The summed E-state index contributed by atoms with van der Waals surface area (Å²) < 4.78 is 3.05. The fourth-order valence-corrected chi connectivity index (χ4v) is 2.35. The van der Waals surface area contributed by atoms with Crippen molar-refractivity contribution in [3.05, 3.63) is 45.5 Å². The summed E-state index contributed by atoms with van der Waals surface area (Å²) in [6.45, 7) is 0. The molecule has 0 spiro atoms. The van der Waals surface area contributed by atoms with Crippen molar-refractivity contribution >= 4 is 24.0 Å². The molecule has 0 nitrogen and oxygen atoms in total. The first-order chi connectivity index (χ1) is 5.45. The molecule has 2 aliphatic rings. The Hall–Kier alpha value is 0.196. The van der Waals surface area contributed by atoms with Gasteiger partial charge in [0.15, 0.2) is 0 Å². The van der Waals surface area contributed by atoms with E-state index in [2.05, 4.69) is 36.5 Å². The van der Waals surface area contributed by atoms with Crippen molar-refractivity contribution in [3.63, 3.8) is 0 Å². The second kappa shape index (κ2) is 5.04. The minimum Gasteiger partial charge on any atom is 0 e. The molecule has 1 radical (unpaired) electrons. The predicted molar refractivity (Wildman–Crippen MR) is 57.7 cm³/mol. The van der Waals surface area contributed by atoms with Gasteiger partial charge in [-0.1, -0.05) is 0 Å². The molecule has 0 aromatic rings. The van der Waals surface area contributed by atoms with Crippen molar-refractivity contribution in [3.8, 4) is 0 Å². The van der Waals surface area contributed by atoms with E-state index in [1.54, 1.807) is 0 Å². The number of hydrogen-bond acceptors (Lipinski definition) is 0. The van der Waals surface area contributed by atoms with E-state index in [0.717, 1.165) is 12.8 Å². The summed E-state index contributed by atoms with van der Waals surface area (Å²) in [4.78, 5) is 0. The molecule has 0 aromatic heterocycles. The molecule has 0 saturated carbocycles. The Kier molecular flexibility index (Phi) is 4.32. The van der Waals surface area contributed by atoms with E-state index in [1.165, 1.54) is 23.7 Å². The second-order valence-corrected chi connectivity index (χ2v) is 4.12. The van der Waals surface area contributed by atoms with Gasteiger partial charge in [0.05, 0.1) is 0 Å². The van der Waals surface area contributed by atoms with Crippen LogP contribution in [-0.4, -0.2) is 0 Å². The minimum atomic E-state index is 0. The van der Waals surface area contributed by atoms with Crippen LogP contribution in [0.3, 0.4) is 0 Å². The Morgan fingerprint density at radius 1 is 0.917 bits per heavy atom. The molecule has 2 aliphatic carbocycles. The van der Waals surface area contributed by atoms with Gasteiger partial charge in [-0.15, -0.1) is 0 Å². The van der Waals surface area contributed by atoms with Crippen LogP contribution >= 0.6 is 24.0 Å². The molecule has 0 amide bonds. The van der Waals surface area contributed by atoms with Gasteiger partial charge in [0, 0.05) is 24.0 Å². The molecular weight excluding hydrogens is 306 g/mol. The van der Waals surface area contributed by atoms with Gasteiger partial charge in [0.1, 0.15) is 0 Å². The monoisotopic (exact) mass is 316 g/mol. The zero-order valence-corrected chi connectivity index (χ0v) is 9.79. The van der Waals surface area contributed by atoms with Crippen LogP contribution in [0.2, 0.25) is 0 Å². The summed E-state index contributed by atoms with van der Waals surface area (Å²) >= 11 is 1.45. The molecule has 0 unspecified atom stereocenters. The molecule has 0 N–H and O–H groups in total. The van der Waals surface area contributed by atoms with Crippen LogP contribution in [0.15, 0.2) is 45.5 Å². The minimum absolute atomic E-state index is 0. The van der Waals surface area contributed by atoms with Gasteiger partial charge in [-0.25, -0.2) is 0 Å². The molecule has 0 heterocycles. The zero-order valence-electron chi connectivity index (χ0n) is 6.59. The third-order valence-electron chi connectivity index (χ3n) is 1.63. The fourth-order valence-electron chi connectivity index (χ4n) is 1.08. The summed E-state index contributed by atoms with van der Waals surface area (Å²) in [6.07, 6.45) is 15.5.